The normalized spacial score (nSPS) is 12.9. The van der Waals surface area contributed by atoms with E-state index in [9.17, 15) is 0 Å². The number of hydrogen-bond acceptors (Lipinski definition) is 3. The van der Waals surface area contributed by atoms with E-state index in [1.54, 1.807) is 14.0 Å². The molecule has 0 bridgehead atoms. The SMILES string of the molecule is COCCCOC(C)CC(C)=N. The van der Waals surface area contributed by atoms with Crippen molar-refractivity contribution >= 4 is 5.71 Å². The molecule has 0 aromatic heterocycles. The van der Waals surface area contributed by atoms with Gasteiger partial charge in [-0.25, -0.2) is 0 Å². The van der Waals surface area contributed by atoms with Crippen LogP contribution >= 0.6 is 0 Å². The van der Waals surface area contributed by atoms with Crippen molar-refractivity contribution in [2.45, 2.75) is 32.8 Å². The molecule has 0 saturated carbocycles. The van der Waals surface area contributed by atoms with Gasteiger partial charge in [0, 0.05) is 32.5 Å². The molecule has 0 radical (unpaired) electrons. The fraction of sp³-hybridized carbons (Fsp3) is 0.889. The first-order valence-corrected chi connectivity index (χ1v) is 4.31. The van der Waals surface area contributed by atoms with Crippen LogP contribution in [-0.4, -0.2) is 32.1 Å². The minimum Gasteiger partial charge on any atom is -0.385 e. The maximum Gasteiger partial charge on any atom is 0.0598 e. The quantitative estimate of drug-likeness (QED) is 0.471. The molecule has 0 saturated heterocycles. The zero-order valence-corrected chi connectivity index (χ0v) is 8.22. The van der Waals surface area contributed by atoms with Crippen molar-refractivity contribution in [1.29, 1.82) is 5.41 Å². The third-order valence-electron chi connectivity index (χ3n) is 1.49. The van der Waals surface area contributed by atoms with Crippen LogP contribution in [0.2, 0.25) is 0 Å². The highest BCUT2D eigenvalue weighted by Gasteiger charge is 2.01. The Morgan fingerprint density at radius 1 is 1.42 bits per heavy atom. The lowest BCUT2D eigenvalue weighted by Gasteiger charge is -2.11. The van der Waals surface area contributed by atoms with Crippen molar-refractivity contribution in [2.75, 3.05) is 20.3 Å². The van der Waals surface area contributed by atoms with Crippen molar-refractivity contribution in [2.24, 2.45) is 0 Å². The Labute approximate surface area is 74.6 Å². The van der Waals surface area contributed by atoms with Crippen LogP contribution in [0.4, 0.5) is 0 Å². The molecular weight excluding hydrogens is 154 g/mol. The van der Waals surface area contributed by atoms with E-state index >= 15 is 0 Å². The van der Waals surface area contributed by atoms with Gasteiger partial charge >= 0.3 is 0 Å². The van der Waals surface area contributed by atoms with Crippen molar-refractivity contribution in [3.63, 3.8) is 0 Å². The van der Waals surface area contributed by atoms with E-state index in [0.29, 0.717) is 5.71 Å². The van der Waals surface area contributed by atoms with E-state index in [0.717, 1.165) is 26.1 Å². The molecule has 0 spiro atoms. The molecule has 0 aromatic rings. The van der Waals surface area contributed by atoms with Crippen LogP contribution in [0.1, 0.15) is 26.7 Å². The van der Waals surface area contributed by atoms with Gasteiger partial charge in [0.25, 0.3) is 0 Å². The van der Waals surface area contributed by atoms with Crippen molar-refractivity contribution in [3.8, 4) is 0 Å². The van der Waals surface area contributed by atoms with Crippen molar-refractivity contribution in [3.05, 3.63) is 0 Å². The first-order chi connectivity index (χ1) is 5.66. The van der Waals surface area contributed by atoms with Crippen LogP contribution in [0.25, 0.3) is 0 Å². The number of hydrogen-bond donors (Lipinski definition) is 1. The molecule has 3 heteroatoms. The van der Waals surface area contributed by atoms with Crippen LogP contribution in [0.3, 0.4) is 0 Å². The van der Waals surface area contributed by atoms with Crippen LogP contribution in [0, 0.1) is 5.41 Å². The number of nitrogens with one attached hydrogen (secondary N) is 1. The van der Waals surface area contributed by atoms with Gasteiger partial charge in [0.05, 0.1) is 6.10 Å². The molecule has 12 heavy (non-hydrogen) atoms. The summed E-state index contributed by atoms with van der Waals surface area (Å²) in [4.78, 5) is 0. The first kappa shape index (κ1) is 11.6. The minimum absolute atomic E-state index is 0.166. The Morgan fingerprint density at radius 2 is 2.08 bits per heavy atom. The fourth-order valence-corrected chi connectivity index (χ4v) is 0.978. The first-order valence-electron chi connectivity index (χ1n) is 4.31. The average molecular weight is 173 g/mol. The van der Waals surface area contributed by atoms with Crippen LogP contribution in [-0.2, 0) is 9.47 Å². The second kappa shape index (κ2) is 7.25. The molecule has 72 valence electrons. The van der Waals surface area contributed by atoms with Gasteiger partial charge in [-0.2, -0.15) is 0 Å². The lowest BCUT2D eigenvalue weighted by Crippen LogP contribution is -2.13. The molecule has 3 nitrogen and oxygen atoms in total. The number of ether oxygens (including phenoxy) is 2. The van der Waals surface area contributed by atoms with Crippen molar-refractivity contribution in [1.82, 2.24) is 0 Å². The number of rotatable bonds is 7. The highest BCUT2D eigenvalue weighted by atomic mass is 16.5. The molecular formula is C9H19NO2. The Balaban J connectivity index is 3.19. The summed E-state index contributed by atoms with van der Waals surface area (Å²) in [5.74, 6) is 0. The van der Waals surface area contributed by atoms with E-state index in [-0.39, 0.29) is 6.10 Å². The van der Waals surface area contributed by atoms with Gasteiger partial charge in [-0.1, -0.05) is 0 Å². The smallest absolute Gasteiger partial charge is 0.0598 e. The second-order valence-electron chi connectivity index (χ2n) is 3.01. The van der Waals surface area contributed by atoms with Crippen molar-refractivity contribution < 1.29 is 9.47 Å². The third-order valence-corrected chi connectivity index (χ3v) is 1.49. The van der Waals surface area contributed by atoms with E-state index in [1.807, 2.05) is 6.92 Å². The third kappa shape index (κ3) is 7.69. The van der Waals surface area contributed by atoms with E-state index in [4.69, 9.17) is 14.9 Å². The van der Waals surface area contributed by atoms with E-state index < -0.39 is 0 Å². The lowest BCUT2D eigenvalue weighted by atomic mass is 10.2. The molecule has 0 aliphatic heterocycles. The lowest BCUT2D eigenvalue weighted by molar-refractivity contribution is 0.0544. The summed E-state index contributed by atoms with van der Waals surface area (Å²) in [5, 5.41) is 7.24. The highest BCUT2D eigenvalue weighted by Crippen LogP contribution is 1.99. The Bertz CT molecular complexity index is 126. The zero-order valence-electron chi connectivity index (χ0n) is 8.22. The van der Waals surface area contributed by atoms with Gasteiger partial charge in [-0.3, -0.25) is 0 Å². The summed E-state index contributed by atoms with van der Waals surface area (Å²) in [6.45, 7) is 5.26. The van der Waals surface area contributed by atoms with Gasteiger partial charge in [0.2, 0.25) is 0 Å². The molecule has 0 aromatic carbocycles. The summed E-state index contributed by atoms with van der Waals surface area (Å²) >= 11 is 0. The molecule has 0 aliphatic carbocycles. The van der Waals surface area contributed by atoms with Gasteiger partial charge in [-0.05, 0) is 20.3 Å². The Kier molecular flexibility index (Phi) is 7.00. The maximum absolute atomic E-state index is 7.24. The number of methoxy groups -OCH3 is 1. The predicted octanol–water partition coefficient (Wildman–Crippen LogP) is 1.86. The van der Waals surface area contributed by atoms with Gasteiger partial charge in [0.15, 0.2) is 0 Å². The molecule has 1 unspecified atom stereocenters. The Hall–Kier alpha value is -0.410. The highest BCUT2D eigenvalue weighted by molar-refractivity contribution is 5.78. The van der Waals surface area contributed by atoms with Gasteiger partial charge < -0.3 is 14.9 Å². The van der Waals surface area contributed by atoms with E-state index in [2.05, 4.69) is 0 Å². The predicted molar refractivity (Wildman–Crippen MR) is 49.9 cm³/mol. The summed E-state index contributed by atoms with van der Waals surface area (Å²) in [5.41, 5.74) is 0.675. The monoisotopic (exact) mass is 173 g/mol. The van der Waals surface area contributed by atoms with Crippen LogP contribution < -0.4 is 0 Å². The van der Waals surface area contributed by atoms with Gasteiger partial charge in [-0.15, -0.1) is 0 Å². The molecule has 0 fully saturated rings. The zero-order chi connectivity index (χ0) is 9.40. The largest absolute Gasteiger partial charge is 0.385 e. The summed E-state index contributed by atoms with van der Waals surface area (Å²) in [7, 11) is 1.69. The standard InChI is InChI=1S/C9H19NO2/c1-8(10)7-9(2)12-6-4-5-11-3/h9-10H,4-7H2,1-3H3. The van der Waals surface area contributed by atoms with Crippen LogP contribution in [0.15, 0.2) is 0 Å². The van der Waals surface area contributed by atoms with E-state index in [1.165, 1.54) is 0 Å². The summed E-state index contributed by atoms with van der Waals surface area (Å²) < 4.78 is 10.3. The molecule has 0 rings (SSSR count). The molecule has 1 atom stereocenters. The van der Waals surface area contributed by atoms with Gasteiger partial charge in [0.1, 0.15) is 0 Å². The Morgan fingerprint density at radius 3 is 2.58 bits per heavy atom. The molecule has 0 aliphatic rings. The maximum atomic E-state index is 7.24. The molecule has 1 N–H and O–H groups in total. The second-order valence-corrected chi connectivity index (χ2v) is 3.01. The average Bonchev–Trinajstić information content (AvgIpc) is 1.97. The summed E-state index contributed by atoms with van der Waals surface area (Å²) in [6.07, 6.45) is 1.82. The molecule has 0 amide bonds. The molecule has 0 heterocycles. The topological polar surface area (TPSA) is 42.3 Å². The summed E-state index contributed by atoms with van der Waals surface area (Å²) in [6, 6.07) is 0. The fourth-order valence-electron chi connectivity index (χ4n) is 0.978. The minimum atomic E-state index is 0.166. The van der Waals surface area contributed by atoms with Crippen LogP contribution in [0.5, 0.6) is 0 Å².